The van der Waals surface area contributed by atoms with E-state index in [0.717, 1.165) is 39.2 Å². The first-order chi connectivity index (χ1) is 15.2. The molecular formula is C25H23N3O3. The van der Waals surface area contributed by atoms with Crippen LogP contribution in [-0.4, -0.2) is 22.3 Å². The molecule has 0 saturated carbocycles. The topological polar surface area (TPSA) is 65.4 Å². The van der Waals surface area contributed by atoms with E-state index in [2.05, 4.69) is 33.2 Å². The molecule has 6 heteroatoms. The molecule has 4 aromatic rings. The third-order valence-electron chi connectivity index (χ3n) is 5.68. The Kier molecular flexibility index (Phi) is 5.04. The normalized spacial score (nSPS) is 13.3. The molecule has 2 aromatic carbocycles. The largest absolute Gasteiger partial charge is 0.454 e. The summed E-state index contributed by atoms with van der Waals surface area (Å²) in [4.78, 5) is 17.2. The molecule has 1 N–H and O–H groups in total. The van der Waals surface area contributed by atoms with Gasteiger partial charge < -0.3 is 19.4 Å². The van der Waals surface area contributed by atoms with E-state index in [9.17, 15) is 4.79 Å². The van der Waals surface area contributed by atoms with E-state index >= 15 is 0 Å². The van der Waals surface area contributed by atoms with Gasteiger partial charge in [0.05, 0.1) is 12.2 Å². The van der Waals surface area contributed by atoms with Crippen LogP contribution < -0.4 is 14.8 Å². The van der Waals surface area contributed by atoms with Gasteiger partial charge in [0.1, 0.15) is 0 Å². The molecule has 3 heterocycles. The molecule has 1 atom stereocenters. The molecule has 6 nitrogen and oxygen atoms in total. The lowest BCUT2D eigenvalue weighted by Crippen LogP contribution is -2.25. The van der Waals surface area contributed by atoms with E-state index in [1.54, 1.807) is 6.20 Å². The monoisotopic (exact) mass is 413 g/mol. The summed E-state index contributed by atoms with van der Waals surface area (Å²) in [5, 5.41) is 4.16. The number of aromatic nitrogens is 2. The van der Waals surface area contributed by atoms with Crippen molar-refractivity contribution in [1.82, 2.24) is 14.9 Å². The minimum atomic E-state index is -0.121. The highest BCUT2D eigenvalue weighted by Crippen LogP contribution is 2.39. The van der Waals surface area contributed by atoms with Crippen LogP contribution in [0.1, 0.15) is 29.2 Å². The zero-order valence-corrected chi connectivity index (χ0v) is 17.2. The van der Waals surface area contributed by atoms with Gasteiger partial charge in [-0.15, -0.1) is 0 Å². The van der Waals surface area contributed by atoms with Crippen LogP contribution in [-0.2, 0) is 18.4 Å². The predicted molar refractivity (Wildman–Crippen MR) is 118 cm³/mol. The quantitative estimate of drug-likeness (QED) is 0.516. The number of para-hydroxylation sites is 1. The first kappa shape index (κ1) is 19.2. The maximum Gasteiger partial charge on any atom is 0.231 e. The van der Waals surface area contributed by atoms with Crippen LogP contribution in [0.4, 0.5) is 0 Å². The van der Waals surface area contributed by atoms with Gasteiger partial charge in [0.25, 0.3) is 0 Å². The number of carbonyl (C=O) groups is 1. The Morgan fingerprint density at radius 2 is 1.94 bits per heavy atom. The summed E-state index contributed by atoms with van der Waals surface area (Å²) in [6.07, 6.45) is 4.17. The van der Waals surface area contributed by atoms with Crippen molar-refractivity contribution in [3.63, 3.8) is 0 Å². The van der Waals surface area contributed by atoms with E-state index < -0.39 is 0 Å². The molecule has 0 saturated heterocycles. The number of pyridine rings is 1. The second-order valence-corrected chi connectivity index (χ2v) is 7.68. The molecule has 0 aliphatic carbocycles. The maximum absolute atomic E-state index is 12.9. The van der Waals surface area contributed by atoms with E-state index in [1.807, 2.05) is 55.6 Å². The summed E-state index contributed by atoms with van der Waals surface area (Å²) < 4.78 is 13.2. The third-order valence-corrected chi connectivity index (χ3v) is 5.68. The number of nitrogens with one attached hydrogen (secondary N) is 1. The number of hydrogen-bond donors (Lipinski definition) is 1. The van der Waals surface area contributed by atoms with Gasteiger partial charge in [-0.05, 0) is 41.5 Å². The minimum absolute atomic E-state index is 0.0266. The van der Waals surface area contributed by atoms with Crippen LogP contribution in [0.15, 0.2) is 73.1 Å². The molecule has 0 spiro atoms. The summed E-state index contributed by atoms with van der Waals surface area (Å²) >= 11 is 0. The number of fused-ring (bicyclic) bond motifs is 2. The number of rotatable bonds is 6. The number of benzene rings is 2. The predicted octanol–water partition coefficient (Wildman–Crippen LogP) is 4.14. The van der Waals surface area contributed by atoms with E-state index in [1.165, 1.54) is 0 Å². The number of amides is 1. The molecule has 2 aromatic heterocycles. The van der Waals surface area contributed by atoms with E-state index in [-0.39, 0.29) is 18.6 Å². The van der Waals surface area contributed by atoms with Crippen molar-refractivity contribution in [3.8, 4) is 11.5 Å². The van der Waals surface area contributed by atoms with Crippen molar-refractivity contribution in [2.45, 2.75) is 18.9 Å². The number of ether oxygens (including phenoxy) is 2. The molecule has 31 heavy (non-hydrogen) atoms. The summed E-state index contributed by atoms with van der Waals surface area (Å²) in [5.41, 5.74) is 4.11. The highest BCUT2D eigenvalue weighted by molar-refractivity contribution is 5.86. The van der Waals surface area contributed by atoms with Crippen LogP contribution in [0, 0.1) is 0 Å². The Bertz CT molecular complexity index is 1230. The zero-order chi connectivity index (χ0) is 21.2. The molecule has 0 radical (unpaired) electrons. The van der Waals surface area contributed by atoms with Gasteiger partial charge in [0, 0.05) is 42.7 Å². The zero-order valence-electron chi connectivity index (χ0n) is 17.2. The summed E-state index contributed by atoms with van der Waals surface area (Å²) in [5.74, 6) is 1.31. The Hall–Kier alpha value is -3.80. The molecule has 156 valence electrons. The first-order valence-electron chi connectivity index (χ1n) is 10.3. The Balaban J connectivity index is 1.47. The SMILES string of the molecule is Cn1cc(C(CC(=O)NCc2ccccn2)c2ccc3c(c2)OCO3)c2ccccc21. The molecule has 1 unspecified atom stereocenters. The van der Waals surface area contributed by atoms with Crippen LogP contribution in [0.5, 0.6) is 11.5 Å². The van der Waals surface area contributed by atoms with E-state index in [4.69, 9.17) is 9.47 Å². The molecular weight excluding hydrogens is 390 g/mol. The molecule has 0 bridgehead atoms. The minimum Gasteiger partial charge on any atom is -0.454 e. The van der Waals surface area contributed by atoms with Crippen LogP contribution in [0.25, 0.3) is 10.9 Å². The van der Waals surface area contributed by atoms with Crippen molar-refractivity contribution >= 4 is 16.8 Å². The van der Waals surface area contributed by atoms with E-state index in [0.29, 0.717) is 13.0 Å². The Morgan fingerprint density at radius 1 is 1.10 bits per heavy atom. The van der Waals surface area contributed by atoms with Crippen LogP contribution in [0.2, 0.25) is 0 Å². The highest BCUT2D eigenvalue weighted by Gasteiger charge is 2.24. The summed E-state index contributed by atoms with van der Waals surface area (Å²) in [7, 11) is 2.03. The Labute approximate surface area is 180 Å². The second-order valence-electron chi connectivity index (χ2n) is 7.68. The molecule has 0 fully saturated rings. The van der Waals surface area contributed by atoms with Crippen LogP contribution >= 0.6 is 0 Å². The van der Waals surface area contributed by atoms with Crippen molar-refractivity contribution in [3.05, 3.63) is 89.9 Å². The average Bonchev–Trinajstić information content (AvgIpc) is 3.41. The number of hydrogen-bond acceptors (Lipinski definition) is 4. The van der Waals surface area contributed by atoms with Gasteiger partial charge in [-0.1, -0.05) is 30.3 Å². The van der Waals surface area contributed by atoms with Gasteiger partial charge in [0.2, 0.25) is 12.7 Å². The van der Waals surface area contributed by atoms with Gasteiger partial charge in [-0.3, -0.25) is 9.78 Å². The number of nitrogens with zero attached hydrogens (tertiary/aromatic N) is 2. The fraction of sp³-hybridized carbons (Fsp3) is 0.200. The summed E-state index contributed by atoms with van der Waals surface area (Å²) in [6.45, 7) is 0.630. The highest BCUT2D eigenvalue weighted by atomic mass is 16.7. The van der Waals surface area contributed by atoms with Gasteiger partial charge in [0.15, 0.2) is 11.5 Å². The summed E-state index contributed by atoms with van der Waals surface area (Å²) in [6, 6.07) is 19.9. The molecule has 1 aliphatic heterocycles. The first-order valence-corrected chi connectivity index (χ1v) is 10.3. The number of aryl methyl sites for hydroxylation is 1. The lowest BCUT2D eigenvalue weighted by atomic mass is 9.87. The lowest BCUT2D eigenvalue weighted by Gasteiger charge is -2.18. The molecule has 1 amide bonds. The molecule has 5 rings (SSSR count). The second kappa shape index (κ2) is 8.14. The van der Waals surface area contributed by atoms with Crippen molar-refractivity contribution in [2.75, 3.05) is 6.79 Å². The lowest BCUT2D eigenvalue weighted by molar-refractivity contribution is -0.121. The van der Waals surface area contributed by atoms with Gasteiger partial charge in [-0.2, -0.15) is 0 Å². The maximum atomic E-state index is 12.9. The van der Waals surface area contributed by atoms with Crippen molar-refractivity contribution in [2.24, 2.45) is 7.05 Å². The standard InChI is InChI=1S/C25H23N3O3/c1-28-15-21(19-7-2-3-8-22(19)28)20(17-9-10-23-24(12-17)31-16-30-23)13-25(29)27-14-18-6-4-5-11-26-18/h2-12,15,20H,13-14,16H2,1H3,(H,27,29). The van der Waals surface area contributed by atoms with Gasteiger partial charge in [-0.25, -0.2) is 0 Å². The van der Waals surface area contributed by atoms with Crippen LogP contribution in [0.3, 0.4) is 0 Å². The van der Waals surface area contributed by atoms with Gasteiger partial charge >= 0.3 is 0 Å². The third kappa shape index (κ3) is 3.84. The van der Waals surface area contributed by atoms with Crippen molar-refractivity contribution in [1.29, 1.82) is 0 Å². The molecule has 1 aliphatic rings. The van der Waals surface area contributed by atoms with Crippen molar-refractivity contribution < 1.29 is 14.3 Å². The number of carbonyl (C=O) groups excluding carboxylic acids is 1. The smallest absolute Gasteiger partial charge is 0.231 e. The fourth-order valence-corrected chi connectivity index (χ4v) is 4.14. The Morgan fingerprint density at radius 3 is 2.81 bits per heavy atom. The fourth-order valence-electron chi connectivity index (χ4n) is 4.14. The average molecular weight is 413 g/mol.